The van der Waals surface area contributed by atoms with E-state index in [1.807, 2.05) is 0 Å². The fraction of sp³-hybridized carbons (Fsp3) is 1.00. The van der Waals surface area contributed by atoms with Crippen LogP contribution in [0.5, 0.6) is 0 Å². The van der Waals surface area contributed by atoms with E-state index in [1.54, 1.807) is 0 Å². The lowest BCUT2D eigenvalue weighted by Crippen LogP contribution is -2.62. The predicted octanol–water partition coefficient (Wildman–Crippen LogP) is -2.64. The van der Waals surface area contributed by atoms with E-state index in [0.29, 0.717) is 6.04 Å². The second kappa shape index (κ2) is 9.06. The first-order chi connectivity index (χ1) is 7.43. The van der Waals surface area contributed by atoms with Gasteiger partial charge in [-0.15, -0.1) is 0 Å². The molecule has 1 saturated heterocycles. The lowest BCUT2D eigenvalue weighted by atomic mass is 10.3. The van der Waals surface area contributed by atoms with Crippen molar-refractivity contribution in [1.82, 2.24) is 21.3 Å². The third kappa shape index (κ3) is 6.81. The molecule has 0 saturated carbocycles. The van der Waals surface area contributed by atoms with Gasteiger partial charge >= 0.3 is 0 Å². The van der Waals surface area contributed by atoms with Crippen LogP contribution in [0.3, 0.4) is 0 Å². The van der Waals surface area contributed by atoms with E-state index in [0.717, 1.165) is 52.4 Å². The van der Waals surface area contributed by atoms with Crippen molar-refractivity contribution in [2.45, 2.75) is 12.5 Å². The Morgan fingerprint density at radius 3 is 2.27 bits per heavy atom. The molecule has 1 atom stereocenters. The van der Waals surface area contributed by atoms with Crippen LogP contribution in [-0.2, 0) is 0 Å². The summed E-state index contributed by atoms with van der Waals surface area (Å²) >= 11 is 0. The zero-order valence-electron chi connectivity index (χ0n) is 9.65. The van der Waals surface area contributed by atoms with Crippen LogP contribution in [0.25, 0.3) is 0 Å². The summed E-state index contributed by atoms with van der Waals surface area (Å²) < 4.78 is 0. The number of rotatable bonds is 1. The highest BCUT2D eigenvalue weighted by Crippen LogP contribution is 1.78. The van der Waals surface area contributed by atoms with Crippen LogP contribution in [-0.4, -0.2) is 58.4 Å². The van der Waals surface area contributed by atoms with E-state index in [2.05, 4.69) is 27.0 Å². The van der Waals surface area contributed by atoms with Crippen molar-refractivity contribution >= 4 is 0 Å². The standard InChI is InChI=1S/C10H25N5/c11-8-10-9-14-5-4-12-2-1-3-13-6-7-15-10/h10,12-15H,1-9,11H2/p+1. The summed E-state index contributed by atoms with van der Waals surface area (Å²) in [5.74, 6) is 0. The minimum Gasteiger partial charge on any atom is -0.356 e. The van der Waals surface area contributed by atoms with Crippen molar-refractivity contribution in [3.05, 3.63) is 0 Å². The molecule has 5 nitrogen and oxygen atoms in total. The first-order valence-electron chi connectivity index (χ1n) is 6.08. The number of nitrogens with one attached hydrogen (secondary N) is 4. The Kier molecular flexibility index (Phi) is 7.77. The molecule has 90 valence electrons. The Hall–Kier alpha value is -0.200. The van der Waals surface area contributed by atoms with Gasteiger partial charge in [0.25, 0.3) is 0 Å². The molecular weight excluding hydrogens is 190 g/mol. The van der Waals surface area contributed by atoms with Crippen LogP contribution in [0.2, 0.25) is 0 Å². The van der Waals surface area contributed by atoms with Crippen molar-refractivity contribution in [3.63, 3.8) is 0 Å². The van der Waals surface area contributed by atoms with Gasteiger partial charge in [0.1, 0.15) is 0 Å². The first-order valence-corrected chi connectivity index (χ1v) is 6.08. The molecule has 1 aliphatic heterocycles. The largest absolute Gasteiger partial charge is 0.356 e. The molecular formula is C10H26N5+. The van der Waals surface area contributed by atoms with E-state index < -0.39 is 0 Å². The third-order valence-electron chi connectivity index (χ3n) is 2.66. The number of hydrogen-bond donors (Lipinski definition) is 5. The predicted molar refractivity (Wildman–Crippen MR) is 62.8 cm³/mol. The molecule has 1 aliphatic rings. The van der Waals surface area contributed by atoms with Crippen LogP contribution in [0.4, 0.5) is 0 Å². The van der Waals surface area contributed by atoms with Crippen molar-refractivity contribution < 1.29 is 5.73 Å². The second-order valence-electron chi connectivity index (χ2n) is 4.00. The molecule has 5 heteroatoms. The van der Waals surface area contributed by atoms with E-state index in [1.165, 1.54) is 6.42 Å². The van der Waals surface area contributed by atoms with Gasteiger partial charge < -0.3 is 27.0 Å². The molecule has 1 fully saturated rings. The van der Waals surface area contributed by atoms with Gasteiger partial charge in [-0.1, -0.05) is 0 Å². The van der Waals surface area contributed by atoms with Gasteiger partial charge in [0.05, 0.1) is 12.6 Å². The highest BCUT2D eigenvalue weighted by atomic mass is 15.0. The van der Waals surface area contributed by atoms with Crippen LogP contribution >= 0.6 is 0 Å². The van der Waals surface area contributed by atoms with Crippen LogP contribution in [0.15, 0.2) is 0 Å². The fourth-order valence-electron chi connectivity index (χ4n) is 1.68. The SMILES string of the molecule is [NH3+]CC1CNCCNCCCNCCN1. The molecule has 0 radical (unpaired) electrons. The quantitative estimate of drug-likeness (QED) is 0.332. The number of hydrogen-bond acceptors (Lipinski definition) is 4. The Labute approximate surface area is 92.6 Å². The molecule has 0 spiro atoms. The summed E-state index contributed by atoms with van der Waals surface area (Å²) in [6, 6.07) is 0.507. The molecule has 0 amide bonds. The average molecular weight is 216 g/mol. The normalized spacial score (nSPS) is 27.4. The molecule has 7 N–H and O–H groups in total. The van der Waals surface area contributed by atoms with Crippen molar-refractivity contribution in [2.75, 3.05) is 52.4 Å². The van der Waals surface area contributed by atoms with Gasteiger partial charge in [-0.3, -0.25) is 0 Å². The Balaban J connectivity index is 2.17. The van der Waals surface area contributed by atoms with Gasteiger partial charge in [-0.25, -0.2) is 0 Å². The summed E-state index contributed by atoms with van der Waals surface area (Å²) in [6.07, 6.45) is 1.21. The molecule has 0 aromatic heterocycles. The minimum absolute atomic E-state index is 0.507. The maximum Gasteiger partial charge on any atom is 0.0908 e. The van der Waals surface area contributed by atoms with Crippen LogP contribution < -0.4 is 27.0 Å². The van der Waals surface area contributed by atoms with Gasteiger partial charge in [-0.05, 0) is 19.5 Å². The third-order valence-corrected chi connectivity index (χ3v) is 2.66. The lowest BCUT2D eigenvalue weighted by molar-refractivity contribution is -0.372. The summed E-state index contributed by atoms with van der Waals surface area (Å²) in [5.41, 5.74) is 3.96. The smallest absolute Gasteiger partial charge is 0.0908 e. The summed E-state index contributed by atoms with van der Waals surface area (Å²) in [7, 11) is 0. The monoisotopic (exact) mass is 216 g/mol. The zero-order chi connectivity index (χ0) is 10.8. The maximum absolute atomic E-state index is 3.96. The molecule has 0 aliphatic carbocycles. The Morgan fingerprint density at radius 1 is 0.867 bits per heavy atom. The lowest BCUT2D eigenvalue weighted by Gasteiger charge is -2.15. The average Bonchev–Trinajstić information content (AvgIpc) is 2.29. The second-order valence-corrected chi connectivity index (χ2v) is 4.00. The molecule has 1 rings (SSSR count). The molecule has 0 aromatic carbocycles. The summed E-state index contributed by atoms with van der Waals surface area (Å²) in [5, 5.41) is 13.8. The van der Waals surface area contributed by atoms with Crippen molar-refractivity contribution in [3.8, 4) is 0 Å². The molecule has 1 heterocycles. The summed E-state index contributed by atoms with van der Waals surface area (Å²) in [6.45, 7) is 8.38. The minimum atomic E-state index is 0.507. The van der Waals surface area contributed by atoms with Gasteiger partial charge in [0.2, 0.25) is 0 Å². The topological polar surface area (TPSA) is 75.8 Å². The maximum atomic E-state index is 3.96. The van der Waals surface area contributed by atoms with E-state index >= 15 is 0 Å². The number of quaternary nitrogens is 1. The summed E-state index contributed by atoms with van der Waals surface area (Å²) in [4.78, 5) is 0. The zero-order valence-corrected chi connectivity index (χ0v) is 9.65. The molecule has 0 aromatic rings. The van der Waals surface area contributed by atoms with E-state index in [9.17, 15) is 0 Å². The van der Waals surface area contributed by atoms with Gasteiger partial charge in [-0.2, -0.15) is 0 Å². The Morgan fingerprint density at radius 2 is 1.53 bits per heavy atom. The molecule has 15 heavy (non-hydrogen) atoms. The van der Waals surface area contributed by atoms with Gasteiger partial charge in [0.15, 0.2) is 0 Å². The fourth-order valence-corrected chi connectivity index (χ4v) is 1.68. The highest BCUT2D eigenvalue weighted by Gasteiger charge is 2.06. The van der Waals surface area contributed by atoms with E-state index in [4.69, 9.17) is 0 Å². The van der Waals surface area contributed by atoms with Crippen molar-refractivity contribution in [1.29, 1.82) is 0 Å². The first kappa shape index (κ1) is 12.9. The molecule has 1 unspecified atom stereocenters. The van der Waals surface area contributed by atoms with Crippen molar-refractivity contribution in [2.24, 2.45) is 0 Å². The Bertz CT molecular complexity index is 128. The van der Waals surface area contributed by atoms with Gasteiger partial charge in [0, 0.05) is 32.7 Å². The van der Waals surface area contributed by atoms with Crippen LogP contribution in [0, 0.1) is 0 Å². The molecule has 0 bridgehead atoms. The van der Waals surface area contributed by atoms with E-state index in [-0.39, 0.29) is 0 Å². The van der Waals surface area contributed by atoms with Crippen LogP contribution in [0.1, 0.15) is 6.42 Å². The highest BCUT2D eigenvalue weighted by molar-refractivity contribution is 4.69.